The van der Waals surface area contributed by atoms with Crippen LogP contribution in [0.5, 0.6) is 0 Å². The fourth-order valence-electron chi connectivity index (χ4n) is 1.29. The minimum Gasteiger partial charge on any atom is -0.405 e. The molecule has 2 heteroatoms. The number of H-pyrrole nitrogens is 1. The number of nitrogens with two attached hydrogens (primary N) is 1. The molecular weight excluding hydrogens is 148 g/mol. The lowest BCUT2D eigenvalue weighted by Crippen LogP contribution is -1.76. The van der Waals surface area contributed by atoms with Gasteiger partial charge in [0.1, 0.15) is 0 Å². The van der Waals surface area contributed by atoms with Crippen LogP contribution < -0.4 is 5.73 Å². The maximum absolute atomic E-state index is 5.28. The number of para-hydroxylation sites is 1. The van der Waals surface area contributed by atoms with E-state index in [9.17, 15) is 0 Å². The molecule has 0 aliphatic rings. The van der Waals surface area contributed by atoms with E-state index in [-0.39, 0.29) is 0 Å². The van der Waals surface area contributed by atoms with Crippen molar-refractivity contribution in [1.29, 1.82) is 0 Å². The van der Waals surface area contributed by atoms with Crippen molar-refractivity contribution in [3.63, 3.8) is 0 Å². The Bertz CT molecular complexity index is 379. The van der Waals surface area contributed by atoms with Gasteiger partial charge in [0.05, 0.1) is 0 Å². The third-order valence-electron chi connectivity index (χ3n) is 1.83. The molecule has 0 saturated carbocycles. The Morgan fingerprint density at radius 1 is 1.25 bits per heavy atom. The predicted molar refractivity (Wildman–Crippen MR) is 51.5 cm³/mol. The molecule has 0 aliphatic carbocycles. The number of aromatic nitrogens is 1. The average Bonchev–Trinajstić information content (AvgIpc) is 2.47. The first-order valence-electron chi connectivity index (χ1n) is 3.86. The van der Waals surface area contributed by atoms with Gasteiger partial charge in [-0.05, 0) is 29.8 Å². The lowest BCUT2D eigenvalue weighted by molar-refractivity contribution is 1.42. The molecule has 1 aromatic heterocycles. The van der Waals surface area contributed by atoms with Gasteiger partial charge in [0.25, 0.3) is 0 Å². The molecule has 0 bridgehead atoms. The van der Waals surface area contributed by atoms with Crippen molar-refractivity contribution in [2.45, 2.75) is 0 Å². The Morgan fingerprint density at radius 2 is 2.08 bits per heavy atom. The van der Waals surface area contributed by atoms with E-state index in [1.165, 1.54) is 11.6 Å². The highest BCUT2D eigenvalue weighted by molar-refractivity contribution is 5.82. The molecule has 12 heavy (non-hydrogen) atoms. The fraction of sp³-hybridized carbons (Fsp3) is 0. The van der Waals surface area contributed by atoms with E-state index in [0.29, 0.717) is 0 Å². The number of hydrogen-bond donors (Lipinski definition) is 2. The zero-order chi connectivity index (χ0) is 8.39. The Morgan fingerprint density at radius 3 is 2.83 bits per heavy atom. The molecule has 0 saturated heterocycles. The van der Waals surface area contributed by atoms with Gasteiger partial charge in [-0.15, -0.1) is 0 Å². The van der Waals surface area contributed by atoms with Crippen molar-refractivity contribution in [3.8, 4) is 0 Å². The third-order valence-corrected chi connectivity index (χ3v) is 1.83. The molecule has 0 atom stereocenters. The minimum atomic E-state index is 1.04. The molecule has 2 rings (SSSR count). The van der Waals surface area contributed by atoms with E-state index in [4.69, 9.17) is 5.73 Å². The summed E-state index contributed by atoms with van der Waals surface area (Å²) in [5.41, 5.74) is 7.47. The Hall–Kier alpha value is -1.70. The lowest BCUT2D eigenvalue weighted by atomic mass is 10.2. The summed E-state index contributed by atoms with van der Waals surface area (Å²) in [5, 5.41) is 1.21. The van der Waals surface area contributed by atoms with Crippen LogP contribution in [0.1, 0.15) is 5.69 Å². The molecule has 0 amide bonds. The summed E-state index contributed by atoms with van der Waals surface area (Å²) in [4.78, 5) is 3.23. The number of fused-ring (bicyclic) bond motifs is 1. The molecule has 0 radical (unpaired) electrons. The van der Waals surface area contributed by atoms with Crippen LogP contribution >= 0.6 is 0 Å². The van der Waals surface area contributed by atoms with Crippen molar-refractivity contribution >= 4 is 17.0 Å². The second kappa shape index (κ2) is 2.74. The third kappa shape index (κ3) is 1.07. The standard InChI is InChI=1S/C10H10N2/c11-6-5-9-7-8-3-1-2-4-10(8)12-9/h1-7,12H,11H2/b6-5+. The van der Waals surface area contributed by atoms with Gasteiger partial charge in [-0.25, -0.2) is 0 Å². The fourth-order valence-corrected chi connectivity index (χ4v) is 1.29. The van der Waals surface area contributed by atoms with Crippen LogP contribution in [0.2, 0.25) is 0 Å². The summed E-state index contributed by atoms with van der Waals surface area (Å²) in [6, 6.07) is 10.2. The van der Waals surface area contributed by atoms with Crippen molar-refractivity contribution in [1.82, 2.24) is 4.98 Å². The quantitative estimate of drug-likeness (QED) is 0.655. The summed E-state index contributed by atoms with van der Waals surface area (Å²) in [6.45, 7) is 0. The molecule has 1 aromatic carbocycles. The maximum Gasteiger partial charge on any atom is 0.0458 e. The second-order valence-electron chi connectivity index (χ2n) is 2.67. The van der Waals surface area contributed by atoms with Gasteiger partial charge in [0, 0.05) is 11.2 Å². The molecule has 2 aromatic rings. The molecule has 1 heterocycles. The van der Waals surface area contributed by atoms with E-state index in [1.54, 1.807) is 0 Å². The SMILES string of the molecule is N/C=C/c1cc2ccccc2[nH]1. The van der Waals surface area contributed by atoms with Gasteiger partial charge in [-0.1, -0.05) is 18.2 Å². The molecule has 60 valence electrons. The average molecular weight is 158 g/mol. The Balaban J connectivity index is 2.62. The summed E-state index contributed by atoms with van der Waals surface area (Å²) < 4.78 is 0. The van der Waals surface area contributed by atoms with Gasteiger partial charge in [0.15, 0.2) is 0 Å². The van der Waals surface area contributed by atoms with Crippen LogP contribution in [0.3, 0.4) is 0 Å². The van der Waals surface area contributed by atoms with Crippen LogP contribution in [-0.4, -0.2) is 4.98 Å². The first-order valence-corrected chi connectivity index (χ1v) is 3.86. The molecule has 2 nitrogen and oxygen atoms in total. The normalized spacial score (nSPS) is 11.3. The first kappa shape index (κ1) is 6.98. The van der Waals surface area contributed by atoms with E-state index in [0.717, 1.165) is 11.2 Å². The van der Waals surface area contributed by atoms with Crippen molar-refractivity contribution in [2.75, 3.05) is 0 Å². The summed E-state index contributed by atoms with van der Waals surface area (Å²) >= 11 is 0. The van der Waals surface area contributed by atoms with Crippen molar-refractivity contribution in [3.05, 3.63) is 42.2 Å². The largest absolute Gasteiger partial charge is 0.405 e. The zero-order valence-corrected chi connectivity index (χ0v) is 6.62. The van der Waals surface area contributed by atoms with Crippen molar-refractivity contribution < 1.29 is 0 Å². The van der Waals surface area contributed by atoms with Crippen LogP contribution in [0.15, 0.2) is 36.5 Å². The zero-order valence-electron chi connectivity index (χ0n) is 6.62. The van der Waals surface area contributed by atoms with Crippen LogP contribution in [0, 0.1) is 0 Å². The highest BCUT2D eigenvalue weighted by Gasteiger charge is 1.94. The number of aromatic amines is 1. The van der Waals surface area contributed by atoms with Gasteiger partial charge in [0.2, 0.25) is 0 Å². The number of benzene rings is 1. The lowest BCUT2D eigenvalue weighted by Gasteiger charge is -1.84. The molecule has 3 N–H and O–H groups in total. The molecule has 0 unspecified atom stereocenters. The molecular formula is C10H10N2. The Labute approximate surface area is 70.7 Å². The van der Waals surface area contributed by atoms with Gasteiger partial charge in [-0.3, -0.25) is 0 Å². The monoisotopic (exact) mass is 158 g/mol. The summed E-state index contributed by atoms with van der Waals surface area (Å²) in [7, 11) is 0. The van der Waals surface area contributed by atoms with Crippen molar-refractivity contribution in [2.24, 2.45) is 5.73 Å². The van der Waals surface area contributed by atoms with Gasteiger partial charge in [-0.2, -0.15) is 0 Å². The van der Waals surface area contributed by atoms with Gasteiger partial charge < -0.3 is 10.7 Å². The summed E-state index contributed by atoms with van der Waals surface area (Å²) in [6.07, 6.45) is 3.38. The van der Waals surface area contributed by atoms with Crippen LogP contribution in [0.25, 0.3) is 17.0 Å². The number of hydrogen-bond acceptors (Lipinski definition) is 1. The topological polar surface area (TPSA) is 41.8 Å². The predicted octanol–water partition coefficient (Wildman–Crippen LogP) is 2.10. The number of rotatable bonds is 1. The van der Waals surface area contributed by atoms with Crippen LogP contribution in [-0.2, 0) is 0 Å². The van der Waals surface area contributed by atoms with E-state index >= 15 is 0 Å². The van der Waals surface area contributed by atoms with Crippen LogP contribution in [0.4, 0.5) is 0 Å². The smallest absolute Gasteiger partial charge is 0.0458 e. The van der Waals surface area contributed by atoms with Gasteiger partial charge >= 0.3 is 0 Å². The molecule has 0 fully saturated rings. The van der Waals surface area contributed by atoms with E-state index in [1.807, 2.05) is 24.3 Å². The van der Waals surface area contributed by atoms with E-state index in [2.05, 4.69) is 17.1 Å². The molecule has 0 aliphatic heterocycles. The highest BCUT2D eigenvalue weighted by atomic mass is 14.7. The van der Waals surface area contributed by atoms with E-state index < -0.39 is 0 Å². The highest BCUT2D eigenvalue weighted by Crippen LogP contribution is 2.14. The molecule has 0 spiro atoms. The summed E-state index contributed by atoms with van der Waals surface area (Å²) in [5.74, 6) is 0. The Kier molecular flexibility index (Phi) is 1.59. The maximum atomic E-state index is 5.28. The first-order chi connectivity index (χ1) is 5.90. The number of nitrogens with one attached hydrogen (secondary N) is 1. The second-order valence-corrected chi connectivity index (χ2v) is 2.67. The minimum absolute atomic E-state index is 1.04.